The van der Waals surface area contributed by atoms with Gasteiger partial charge in [0, 0.05) is 25.2 Å². The van der Waals surface area contributed by atoms with Crippen molar-refractivity contribution in [2.75, 3.05) is 19.8 Å². The molecule has 1 heterocycles. The van der Waals surface area contributed by atoms with Crippen LogP contribution in [0.4, 0.5) is 5.69 Å². The van der Waals surface area contributed by atoms with E-state index in [1.807, 2.05) is 0 Å². The van der Waals surface area contributed by atoms with E-state index in [-0.39, 0.29) is 17.8 Å². The number of ether oxygens (including phenoxy) is 1. The normalized spacial score (nSPS) is 10.3. The lowest BCUT2D eigenvalue weighted by Crippen LogP contribution is -2.22. The Morgan fingerprint density at radius 3 is 2.81 bits per heavy atom. The van der Waals surface area contributed by atoms with Crippen molar-refractivity contribution in [2.45, 2.75) is 6.54 Å². The van der Waals surface area contributed by atoms with Crippen LogP contribution >= 0.6 is 0 Å². The van der Waals surface area contributed by atoms with E-state index in [0.29, 0.717) is 19.8 Å². The van der Waals surface area contributed by atoms with E-state index < -0.39 is 4.92 Å². The fourth-order valence-corrected chi connectivity index (χ4v) is 1.15. The molecule has 88 valence electrons. The summed E-state index contributed by atoms with van der Waals surface area (Å²) >= 11 is 0. The van der Waals surface area contributed by atoms with Gasteiger partial charge in [0.1, 0.15) is 0 Å². The smallest absolute Gasteiger partial charge is 0.285 e. The molecule has 0 saturated heterocycles. The Bertz CT molecular complexity index is 415. The number of hydrogen-bond donors (Lipinski definition) is 1. The van der Waals surface area contributed by atoms with Crippen LogP contribution in [0.5, 0.6) is 0 Å². The summed E-state index contributed by atoms with van der Waals surface area (Å²) in [6, 6.07) is 2.35. The molecule has 0 amide bonds. The van der Waals surface area contributed by atoms with Crippen LogP contribution in [0, 0.1) is 10.1 Å². The van der Waals surface area contributed by atoms with E-state index in [4.69, 9.17) is 10.5 Å². The third-order valence-electron chi connectivity index (χ3n) is 1.92. The lowest BCUT2D eigenvalue weighted by atomic mass is 10.4. The van der Waals surface area contributed by atoms with E-state index in [1.54, 1.807) is 0 Å². The van der Waals surface area contributed by atoms with Gasteiger partial charge < -0.3 is 15.0 Å². The fraction of sp³-hybridized carbons (Fsp3) is 0.444. The molecule has 0 fully saturated rings. The van der Waals surface area contributed by atoms with Crippen LogP contribution in [0.1, 0.15) is 0 Å². The molecule has 16 heavy (non-hydrogen) atoms. The molecule has 1 rings (SSSR count). The van der Waals surface area contributed by atoms with Crippen LogP contribution in [0.25, 0.3) is 0 Å². The fourth-order valence-electron chi connectivity index (χ4n) is 1.15. The summed E-state index contributed by atoms with van der Waals surface area (Å²) in [5, 5.41) is 10.5. The second-order valence-corrected chi connectivity index (χ2v) is 3.08. The Balaban J connectivity index is 2.67. The molecule has 0 aromatic carbocycles. The minimum absolute atomic E-state index is 0.113. The van der Waals surface area contributed by atoms with E-state index in [1.165, 1.54) is 22.9 Å². The van der Waals surface area contributed by atoms with Gasteiger partial charge in [0.05, 0.1) is 24.3 Å². The summed E-state index contributed by atoms with van der Waals surface area (Å²) in [6.07, 6.45) is 1.20. The maximum absolute atomic E-state index is 11.3. The zero-order valence-corrected chi connectivity index (χ0v) is 8.67. The van der Waals surface area contributed by atoms with E-state index in [9.17, 15) is 14.9 Å². The number of nitrogens with zero attached hydrogens (tertiary/aromatic N) is 2. The molecule has 0 atom stereocenters. The highest BCUT2D eigenvalue weighted by molar-refractivity contribution is 5.24. The molecule has 0 aliphatic rings. The molecule has 1 aromatic rings. The molecule has 0 saturated carbocycles. The molecule has 0 radical (unpaired) electrons. The van der Waals surface area contributed by atoms with Crippen LogP contribution in [-0.2, 0) is 11.3 Å². The topological polar surface area (TPSA) is 100 Å². The molecule has 2 N–H and O–H groups in total. The van der Waals surface area contributed by atoms with Gasteiger partial charge in [0.25, 0.3) is 11.2 Å². The number of nitro groups is 1. The number of aromatic nitrogens is 1. The highest BCUT2D eigenvalue weighted by atomic mass is 16.6. The SMILES string of the molecule is NCCOCCn1cc([N+](=O)[O-])ccc1=O. The molecule has 0 aliphatic heterocycles. The number of rotatable bonds is 6. The zero-order chi connectivity index (χ0) is 12.0. The van der Waals surface area contributed by atoms with Gasteiger partial charge in [-0.05, 0) is 0 Å². The monoisotopic (exact) mass is 227 g/mol. The van der Waals surface area contributed by atoms with Gasteiger partial charge in [-0.25, -0.2) is 0 Å². The average molecular weight is 227 g/mol. The van der Waals surface area contributed by atoms with Crippen molar-refractivity contribution >= 4 is 5.69 Å². The van der Waals surface area contributed by atoms with Crippen molar-refractivity contribution in [2.24, 2.45) is 5.73 Å². The number of nitrogens with two attached hydrogens (primary N) is 1. The molecule has 0 bridgehead atoms. The predicted octanol–water partition coefficient (Wildman–Crippen LogP) is -0.268. The lowest BCUT2D eigenvalue weighted by Gasteiger charge is -2.05. The van der Waals surface area contributed by atoms with Gasteiger partial charge in [0.2, 0.25) is 0 Å². The minimum atomic E-state index is -0.545. The highest BCUT2D eigenvalue weighted by Gasteiger charge is 2.07. The standard InChI is InChI=1S/C9H13N3O4/c10-3-5-16-6-4-11-7-8(12(14)15)1-2-9(11)13/h1-2,7H,3-6,10H2. The maximum Gasteiger partial charge on any atom is 0.285 e. The molecule has 1 aromatic heterocycles. The number of hydrogen-bond acceptors (Lipinski definition) is 5. The first-order valence-corrected chi connectivity index (χ1v) is 4.78. The summed E-state index contributed by atoms with van der Waals surface area (Å²) in [5.74, 6) is 0. The summed E-state index contributed by atoms with van der Waals surface area (Å²) in [7, 11) is 0. The van der Waals surface area contributed by atoms with Gasteiger partial charge in [0.15, 0.2) is 0 Å². The van der Waals surface area contributed by atoms with E-state index in [2.05, 4.69) is 0 Å². The molecule has 0 spiro atoms. The summed E-state index contributed by atoms with van der Waals surface area (Å²) < 4.78 is 6.33. The summed E-state index contributed by atoms with van der Waals surface area (Å²) in [5.41, 5.74) is 4.82. The first-order chi connectivity index (χ1) is 7.65. The molecule has 0 unspecified atom stereocenters. The van der Waals surface area contributed by atoms with Gasteiger partial charge in [-0.3, -0.25) is 14.9 Å². The predicted molar refractivity (Wildman–Crippen MR) is 57.2 cm³/mol. The van der Waals surface area contributed by atoms with Gasteiger partial charge in [-0.15, -0.1) is 0 Å². The molecule has 7 heteroatoms. The Kier molecular flexibility index (Phi) is 4.62. The third kappa shape index (κ3) is 3.44. The second-order valence-electron chi connectivity index (χ2n) is 3.08. The first kappa shape index (κ1) is 12.3. The molecule has 7 nitrogen and oxygen atoms in total. The Morgan fingerprint density at radius 1 is 1.44 bits per heavy atom. The van der Waals surface area contributed by atoms with Gasteiger partial charge in [-0.1, -0.05) is 0 Å². The van der Waals surface area contributed by atoms with E-state index in [0.717, 1.165) is 0 Å². The number of pyridine rings is 1. The van der Waals surface area contributed by atoms with Crippen LogP contribution in [-0.4, -0.2) is 29.2 Å². The van der Waals surface area contributed by atoms with Crippen molar-refractivity contribution < 1.29 is 9.66 Å². The Labute approximate surface area is 91.6 Å². The molecule has 0 aliphatic carbocycles. The van der Waals surface area contributed by atoms with Crippen LogP contribution in [0.2, 0.25) is 0 Å². The van der Waals surface area contributed by atoms with E-state index >= 15 is 0 Å². The minimum Gasteiger partial charge on any atom is -0.378 e. The van der Waals surface area contributed by atoms with Crippen molar-refractivity contribution in [1.29, 1.82) is 0 Å². The van der Waals surface area contributed by atoms with Crippen molar-refractivity contribution in [3.05, 3.63) is 38.8 Å². The van der Waals surface area contributed by atoms with Gasteiger partial charge >= 0.3 is 0 Å². The summed E-state index contributed by atoms with van der Waals surface area (Å²) in [6.45, 7) is 1.40. The Hall–Kier alpha value is -1.73. The first-order valence-electron chi connectivity index (χ1n) is 4.78. The van der Waals surface area contributed by atoms with Crippen molar-refractivity contribution in [3.8, 4) is 0 Å². The third-order valence-corrected chi connectivity index (χ3v) is 1.92. The average Bonchev–Trinajstić information content (AvgIpc) is 2.26. The summed E-state index contributed by atoms with van der Waals surface area (Å²) in [4.78, 5) is 21.3. The second kappa shape index (κ2) is 5.99. The van der Waals surface area contributed by atoms with Crippen LogP contribution < -0.4 is 11.3 Å². The van der Waals surface area contributed by atoms with Gasteiger partial charge in [-0.2, -0.15) is 0 Å². The largest absolute Gasteiger partial charge is 0.378 e. The zero-order valence-electron chi connectivity index (χ0n) is 8.67. The van der Waals surface area contributed by atoms with Crippen molar-refractivity contribution in [3.63, 3.8) is 0 Å². The Morgan fingerprint density at radius 2 is 2.19 bits per heavy atom. The van der Waals surface area contributed by atoms with Crippen molar-refractivity contribution in [1.82, 2.24) is 4.57 Å². The molecular formula is C9H13N3O4. The molecular weight excluding hydrogens is 214 g/mol. The quantitative estimate of drug-likeness (QED) is 0.409. The maximum atomic E-state index is 11.3. The van der Waals surface area contributed by atoms with Crippen LogP contribution in [0.3, 0.4) is 0 Å². The highest BCUT2D eigenvalue weighted by Crippen LogP contribution is 2.05. The lowest BCUT2D eigenvalue weighted by molar-refractivity contribution is -0.385. The van der Waals surface area contributed by atoms with Crippen LogP contribution in [0.15, 0.2) is 23.1 Å².